The standard InChI is InChI=1S/C10H12Cl2O2S2/c1-16(13,14)6-5-15-7-8-9(11)3-2-4-10(8)12/h2-4H,5-7H2,1H3. The molecule has 0 aliphatic heterocycles. The van der Waals surface area contributed by atoms with Crippen LogP contribution in [0.15, 0.2) is 18.2 Å². The lowest BCUT2D eigenvalue weighted by Gasteiger charge is -2.06. The lowest BCUT2D eigenvalue weighted by Crippen LogP contribution is -2.05. The van der Waals surface area contributed by atoms with Crippen molar-refractivity contribution in [1.82, 2.24) is 0 Å². The molecule has 1 rings (SSSR count). The van der Waals surface area contributed by atoms with Crippen molar-refractivity contribution >= 4 is 44.8 Å². The minimum absolute atomic E-state index is 0.180. The van der Waals surface area contributed by atoms with Gasteiger partial charge < -0.3 is 0 Å². The van der Waals surface area contributed by atoms with E-state index in [4.69, 9.17) is 23.2 Å². The first kappa shape index (κ1) is 14.2. The summed E-state index contributed by atoms with van der Waals surface area (Å²) < 4.78 is 21.8. The minimum atomic E-state index is -2.89. The van der Waals surface area contributed by atoms with Gasteiger partial charge in [-0.25, -0.2) is 8.42 Å². The Balaban J connectivity index is 2.49. The molecule has 0 atom stereocenters. The number of rotatable bonds is 5. The molecule has 1 aromatic carbocycles. The van der Waals surface area contributed by atoms with Crippen LogP contribution in [0.25, 0.3) is 0 Å². The molecule has 0 aliphatic carbocycles. The van der Waals surface area contributed by atoms with Gasteiger partial charge in [-0.15, -0.1) is 0 Å². The molecular weight excluding hydrogens is 287 g/mol. The topological polar surface area (TPSA) is 34.1 Å². The quantitative estimate of drug-likeness (QED) is 0.783. The van der Waals surface area contributed by atoms with Crippen molar-refractivity contribution < 1.29 is 8.42 Å². The van der Waals surface area contributed by atoms with E-state index in [1.807, 2.05) is 0 Å². The van der Waals surface area contributed by atoms with Crippen LogP contribution in [0.4, 0.5) is 0 Å². The Morgan fingerprint density at radius 1 is 1.25 bits per heavy atom. The molecule has 0 aromatic heterocycles. The van der Waals surface area contributed by atoms with E-state index in [1.54, 1.807) is 18.2 Å². The van der Waals surface area contributed by atoms with Crippen molar-refractivity contribution in [2.75, 3.05) is 17.8 Å². The second-order valence-corrected chi connectivity index (χ2v) is 7.56. The van der Waals surface area contributed by atoms with Gasteiger partial charge in [0.2, 0.25) is 0 Å². The van der Waals surface area contributed by atoms with Gasteiger partial charge in [0.05, 0.1) is 5.75 Å². The summed E-state index contributed by atoms with van der Waals surface area (Å²) in [6, 6.07) is 5.34. The largest absolute Gasteiger partial charge is 0.229 e. The van der Waals surface area contributed by atoms with Gasteiger partial charge in [-0.05, 0) is 17.7 Å². The Hall–Kier alpha value is 0.1000. The van der Waals surface area contributed by atoms with Gasteiger partial charge in [0.15, 0.2) is 0 Å². The average Bonchev–Trinajstić information content (AvgIpc) is 2.14. The van der Waals surface area contributed by atoms with E-state index in [1.165, 1.54) is 18.0 Å². The predicted octanol–water partition coefficient (Wildman–Crippen LogP) is 3.27. The van der Waals surface area contributed by atoms with Crippen LogP contribution in [0.2, 0.25) is 10.0 Å². The van der Waals surface area contributed by atoms with E-state index in [-0.39, 0.29) is 5.75 Å². The smallest absolute Gasteiger partial charge is 0.148 e. The van der Waals surface area contributed by atoms with Gasteiger partial charge in [0.25, 0.3) is 0 Å². The Labute approximate surface area is 110 Å². The molecule has 0 unspecified atom stereocenters. The summed E-state index contributed by atoms with van der Waals surface area (Å²) in [5, 5.41) is 1.25. The van der Waals surface area contributed by atoms with Gasteiger partial charge in [-0.3, -0.25) is 0 Å². The van der Waals surface area contributed by atoms with Crippen LogP contribution in [0.3, 0.4) is 0 Å². The van der Waals surface area contributed by atoms with Crippen LogP contribution in [-0.2, 0) is 15.6 Å². The molecule has 0 spiro atoms. The molecule has 1 aromatic rings. The molecule has 16 heavy (non-hydrogen) atoms. The van der Waals surface area contributed by atoms with Crippen molar-refractivity contribution in [1.29, 1.82) is 0 Å². The normalized spacial score (nSPS) is 11.7. The van der Waals surface area contributed by atoms with Crippen LogP contribution in [0.5, 0.6) is 0 Å². The molecule has 0 aliphatic rings. The highest BCUT2D eigenvalue weighted by molar-refractivity contribution is 7.99. The average molecular weight is 299 g/mol. The summed E-state index contributed by atoms with van der Waals surface area (Å²) in [6.45, 7) is 0. The molecule has 0 saturated carbocycles. The zero-order valence-corrected chi connectivity index (χ0v) is 11.9. The molecule has 0 bridgehead atoms. The van der Waals surface area contributed by atoms with E-state index in [0.717, 1.165) is 5.56 Å². The number of hydrogen-bond acceptors (Lipinski definition) is 3. The molecule has 0 N–H and O–H groups in total. The molecule has 0 fully saturated rings. The molecule has 0 amide bonds. The number of hydrogen-bond donors (Lipinski definition) is 0. The predicted molar refractivity (Wildman–Crippen MR) is 72.3 cm³/mol. The third-order valence-corrected chi connectivity index (χ3v) is 4.80. The number of thioether (sulfide) groups is 1. The van der Waals surface area contributed by atoms with Crippen LogP contribution in [0.1, 0.15) is 5.56 Å². The summed E-state index contributed by atoms with van der Waals surface area (Å²) in [7, 11) is -2.89. The highest BCUT2D eigenvalue weighted by Gasteiger charge is 2.06. The fraction of sp³-hybridized carbons (Fsp3) is 0.400. The van der Waals surface area contributed by atoms with E-state index in [2.05, 4.69) is 0 Å². The monoisotopic (exact) mass is 298 g/mol. The number of sulfone groups is 1. The van der Waals surface area contributed by atoms with Gasteiger partial charge in [0, 0.05) is 27.8 Å². The SMILES string of the molecule is CS(=O)(=O)CCSCc1c(Cl)cccc1Cl. The van der Waals surface area contributed by atoms with E-state index >= 15 is 0 Å². The van der Waals surface area contributed by atoms with Gasteiger partial charge >= 0.3 is 0 Å². The lowest BCUT2D eigenvalue weighted by atomic mass is 10.2. The molecule has 0 heterocycles. The van der Waals surface area contributed by atoms with Crippen molar-refractivity contribution in [2.45, 2.75) is 5.75 Å². The first-order valence-electron chi connectivity index (χ1n) is 4.58. The van der Waals surface area contributed by atoms with E-state index in [0.29, 0.717) is 21.6 Å². The van der Waals surface area contributed by atoms with Crippen molar-refractivity contribution in [3.8, 4) is 0 Å². The van der Waals surface area contributed by atoms with Crippen molar-refractivity contribution in [2.24, 2.45) is 0 Å². The van der Waals surface area contributed by atoms with Crippen molar-refractivity contribution in [3.05, 3.63) is 33.8 Å². The second kappa shape index (κ2) is 6.15. The molecule has 6 heteroatoms. The number of benzene rings is 1. The Morgan fingerprint density at radius 3 is 2.31 bits per heavy atom. The molecular formula is C10H12Cl2O2S2. The van der Waals surface area contributed by atoms with Crippen LogP contribution in [-0.4, -0.2) is 26.2 Å². The molecule has 0 saturated heterocycles. The molecule has 2 nitrogen and oxygen atoms in total. The summed E-state index contributed by atoms with van der Waals surface area (Å²) in [6.07, 6.45) is 1.23. The van der Waals surface area contributed by atoms with Gasteiger partial charge in [-0.1, -0.05) is 29.3 Å². The van der Waals surface area contributed by atoms with Crippen LogP contribution in [0, 0.1) is 0 Å². The lowest BCUT2D eigenvalue weighted by molar-refractivity contribution is 0.603. The second-order valence-electron chi connectivity index (χ2n) is 3.38. The Morgan fingerprint density at radius 2 is 1.81 bits per heavy atom. The van der Waals surface area contributed by atoms with Gasteiger partial charge in [-0.2, -0.15) is 11.8 Å². The van der Waals surface area contributed by atoms with Crippen LogP contribution < -0.4 is 0 Å². The fourth-order valence-electron chi connectivity index (χ4n) is 1.05. The maximum Gasteiger partial charge on any atom is 0.148 e. The minimum Gasteiger partial charge on any atom is -0.229 e. The molecule has 0 radical (unpaired) electrons. The Kier molecular flexibility index (Phi) is 5.44. The number of halogens is 2. The van der Waals surface area contributed by atoms with Crippen LogP contribution >= 0.6 is 35.0 Å². The van der Waals surface area contributed by atoms with E-state index in [9.17, 15) is 8.42 Å². The maximum atomic E-state index is 10.9. The first-order valence-corrected chi connectivity index (χ1v) is 8.55. The highest BCUT2D eigenvalue weighted by atomic mass is 35.5. The van der Waals surface area contributed by atoms with E-state index < -0.39 is 9.84 Å². The van der Waals surface area contributed by atoms with Crippen molar-refractivity contribution in [3.63, 3.8) is 0 Å². The summed E-state index contributed by atoms with van der Waals surface area (Å²) >= 11 is 13.5. The highest BCUT2D eigenvalue weighted by Crippen LogP contribution is 2.28. The molecule has 90 valence electrons. The Bertz CT molecular complexity index is 438. The first-order chi connectivity index (χ1) is 7.40. The summed E-state index contributed by atoms with van der Waals surface area (Å²) in [4.78, 5) is 0. The third-order valence-electron chi connectivity index (χ3n) is 1.91. The maximum absolute atomic E-state index is 10.9. The summed E-state index contributed by atoms with van der Waals surface area (Å²) in [5.41, 5.74) is 0.865. The fourth-order valence-corrected chi connectivity index (χ4v) is 4.09. The zero-order chi connectivity index (χ0) is 12.2. The van der Waals surface area contributed by atoms with Gasteiger partial charge in [0.1, 0.15) is 9.84 Å². The summed E-state index contributed by atoms with van der Waals surface area (Å²) in [5.74, 6) is 1.37. The third kappa shape index (κ3) is 4.95. The zero-order valence-electron chi connectivity index (χ0n) is 8.74.